The summed E-state index contributed by atoms with van der Waals surface area (Å²) >= 11 is 0. The van der Waals surface area contributed by atoms with Crippen molar-refractivity contribution in [2.24, 2.45) is 0 Å². The number of carboxylic acid groups (broad SMARTS) is 4. The van der Waals surface area contributed by atoms with Crippen LogP contribution < -0.4 is 5.32 Å². The van der Waals surface area contributed by atoms with Gasteiger partial charge in [0.15, 0.2) is 0 Å². The fourth-order valence-electron chi connectivity index (χ4n) is 3.82. The molecule has 0 aliphatic carbocycles. The van der Waals surface area contributed by atoms with E-state index in [1.807, 2.05) is 4.90 Å². The molecule has 5 N–H and O–H groups in total. The number of rotatable bonds is 13. The van der Waals surface area contributed by atoms with E-state index in [2.05, 4.69) is 12.2 Å². The maximum absolute atomic E-state index is 12.5. The summed E-state index contributed by atoms with van der Waals surface area (Å²) in [4.78, 5) is 61.8. The highest BCUT2D eigenvalue weighted by molar-refractivity contribution is 5.78. The SMILES string of the molecule is CCCCCCNC(=O)CN1CCN(CC(=O)O)CCN(CC(=O)O)CCN(CC(=O)O)CC1.O=CO. The molecule has 0 atom stereocenters. The summed E-state index contributed by atoms with van der Waals surface area (Å²) in [5, 5.41) is 37.5. The minimum atomic E-state index is -0.992. The van der Waals surface area contributed by atoms with Crippen LogP contribution >= 0.6 is 0 Å². The van der Waals surface area contributed by atoms with Gasteiger partial charge in [0.2, 0.25) is 5.91 Å². The molecule has 1 fully saturated rings. The quantitative estimate of drug-likeness (QED) is 0.141. The second-order valence-corrected chi connectivity index (χ2v) is 8.80. The monoisotopic (exact) mass is 533 g/mol. The molecule has 1 aliphatic rings. The molecule has 0 saturated carbocycles. The van der Waals surface area contributed by atoms with Gasteiger partial charge in [-0.2, -0.15) is 0 Å². The molecule has 1 heterocycles. The predicted molar refractivity (Wildman–Crippen MR) is 135 cm³/mol. The zero-order valence-electron chi connectivity index (χ0n) is 21.7. The molecule has 0 aromatic rings. The number of nitrogens with one attached hydrogen (secondary N) is 1. The third-order valence-corrected chi connectivity index (χ3v) is 5.73. The largest absolute Gasteiger partial charge is 0.483 e. The maximum Gasteiger partial charge on any atom is 0.317 e. The normalized spacial score (nSPS) is 16.9. The third-order valence-electron chi connectivity index (χ3n) is 5.73. The lowest BCUT2D eigenvalue weighted by molar-refractivity contribution is -0.140. The topological polar surface area (TPSA) is 191 Å². The molecule has 0 bridgehead atoms. The van der Waals surface area contributed by atoms with Gasteiger partial charge in [0.25, 0.3) is 6.47 Å². The summed E-state index contributed by atoms with van der Waals surface area (Å²) in [5.41, 5.74) is 0. The van der Waals surface area contributed by atoms with Gasteiger partial charge >= 0.3 is 17.9 Å². The molecule has 1 saturated heterocycles. The Labute approximate surface area is 217 Å². The van der Waals surface area contributed by atoms with Gasteiger partial charge in [-0.1, -0.05) is 26.2 Å². The van der Waals surface area contributed by atoms with E-state index in [-0.39, 0.29) is 38.6 Å². The molecular weight excluding hydrogens is 490 g/mol. The predicted octanol–water partition coefficient (Wildman–Crippen LogP) is -1.14. The van der Waals surface area contributed by atoms with Crippen LogP contribution in [0, 0.1) is 0 Å². The molecule has 14 nitrogen and oxygen atoms in total. The first-order chi connectivity index (χ1) is 17.6. The first-order valence-electron chi connectivity index (χ1n) is 12.5. The average Bonchev–Trinajstić information content (AvgIpc) is 2.80. The summed E-state index contributed by atoms with van der Waals surface area (Å²) in [7, 11) is 0. The molecule has 0 radical (unpaired) electrons. The highest BCUT2D eigenvalue weighted by Crippen LogP contribution is 2.02. The number of unbranched alkanes of at least 4 members (excludes halogenated alkanes) is 3. The van der Waals surface area contributed by atoms with Crippen molar-refractivity contribution < 1.29 is 44.4 Å². The summed E-state index contributed by atoms with van der Waals surface area (Å²) in [6, 6.07) is 0. The molecule has 0 unspecified atom stereocenters. The maximum atomic E-state index is 12.5. The third kappa shape index (κ3) is 20.0. The zero-order valence-corrected chi connectivity index (χ0v) is 21.7. The van der Waals surface area contributed by atoms with E-state index in [0.29, 0.717) is 58.9 Å². The second-order valence-electron chi connectivity index (χ2n) is 8.80. The fraction of sp³-hybridized carbons (Fsp3) is 0.783. The first-order valence-corrected chi connectivity index (χ1v) is 12.5. The Kier molecular flexibility index (Phi) is 19.7. The van der Waals surface area contributed by atoms with Crippen LogP contribution in [0.4, 0.5) is 0 Å². The van der Waals surface area contributed by atoms with Crippen LogP contribution in [-0.4, -0.2) is 155 Å². The summed E-state index contributed by atoms with van der Waals surface area (Å²) in [6.45, 7) is 5.17. The standard InChI is InChI=1S/C22H41N5O7.CH2O2/c1-2-3-4-5-6-23-19(28)15-24-7-9-25(16-20(29)30)11-13-27(18-22(33)34)14-12-26(10-8-24)17-21(31)32;2-1-3/h2-18H2,1H3,(H,23,28)(H,29,30)(H,31,32)(H,33,34);1H,(H,2,3). The molecule has 0 aromatic carbocycles. The Morgan fingerprint density at radius 3 is 1.27 bits per heavy atom. The molecule has 1 aliphatic heterocycles. The van der Waals surface area contributed by atoms with Crippen LogP contribution in [-0.2, 0) is 24.0 Å². The number of aliphatic carboxylic acids is 3. The van der Waals surface area contributed by atoms with Gasteiger partial charge in [-0.3, -0.25) is 43.6 Å². The van der Waals surface area contributed by atoms with Gasteiger partial charge in [-0.25, -0.2) is 0 Å². The molecule has 1 amide bonds. The van der Waals surface area contributed by atoms with E-state index in [0.717, 1.165) is 25.7 Å². The van der Waals surface area contributed by atoms with Crippen molar-refractivity contribution in [3.8, 4) is 0 Å². The number of carbonyl (C=O) groups excluding carboxylic acids is 1. The van der Waals surface area contributed by atoms with Crippen molar-refractivity contribution in [2.45, 2.75) is 32.6 Å². The highest BCUT2D eigenvalue weighted by atomic mass is 16.4. The summed E-state index contributed by atoms with van der Waals surface area (Å²) in [5.74, 6) is -3.04. The van der Waals surface area contributed by atoms with E-state index in [4.69, 9.17) is 9.90 Å². The number of hydrogen-bond donors (Lipinski definition) is 5. The van der Waals surface area contributed by atoms with Crippen molar-refractivity contribution >= 4 is 30.3 Å². The van der Waals surface area contributed by atoms with Gasteiger partial charge in [0.1, 0.15) is 0 Å². The van der Waals surface area contributed by atoms with Crippen molar-refractivity contribution in [2.75, 3.05) is 85.1 Å². The molecule has 214 valence electrons. The lowest BCUT2D eigenvalue weighted by atomic mass is 10.2. The lowest BCUT2D eigenvalue weighted by Gasteiger charge is -2.32. The van der Waals surface area contributed by atoms with Crippen molar-refractivity contribution in [1.29, 1.82) is 0 Å². The van der Waals surface area contributed by atoms with Crippen LogP contribution in [0.3, 0.4) is 0 Å². The Morgan fingerprint density at radius 1 is 0.649 bits per heavy atom. The van der Waals surface area contributed by atoms with Crippen LogP contribution in [0.5, 0.6) is 0 Å². The van der Waals surface area contributed by atoms with Gasteiger partial charge < -0.3 is 25.7 Å². The summed E-state index contributed by atoms with van der Waals surface area (Å²) < 4.78 is 0. The van der Waals surface area contributed by atoms with E-state index in [1.165, 1.54) is 0 Å². The van der Waals surface area contributed by atoms with Crippen molar-refractivity contribution in [3.63, 3.8) is 0 Å². The molecule has 14 heteroatoms. The van der Waals surface area contributed by atoms with E-state index in [1.54, 1.807) is 14.7 Å². The zero-order chi connectivity index (χ0) is 28.1. The molecule has 37 heavy (non-hydrogen) atoms. The Hall–Kier alpha value is -2.81. The average molecular weight is 534 g/mol. The van der Waals surface area contributed by atoms with Crippen LogP contribution in [0.25, 0.3) is 0 Å². The smallest absolute Gasteiger partial charge is 0.317 e. The van der Waals surface area contributed by atoms with Crippen LogP contribution in [0.15, 0.2) is 0 Å². The molecule has 0 spiro atoms. The Balaban J connectivity index is 0.00000410. The Bertz CT molecular complexity index is 664. The van der Waals surface area contributed by atoms with Gasteiger partial charge in [-0.15, -0.1) is 0 Å². The van der Waals surface area contributed by atoms with Crippen molar-refractivity contribution in [1.82, 2.24) is 24.9 Å². The minimum absolute atomic E-state index is 0.106. The van der Waals surface area contributed by atoms with E-state index < -0.39 is 17.9 Å². The van der Waals surface area contributed by atoms with Gasteiger partial charge in [0, 0.05) is 58.9 Å². The van der Waals surface area contributed by atoms with E-state index in [9.17, 15) is 34.5 Å². The number of carboxylic acids is 3. The fourth-order valence-corrected chi connectivity index (χ4v) is 3.82. The van der Waals surface area contributed by atoms with Crippen molar-refractivity contribution in [3.05, 3.63) is 0 Å². The second kappa shape index (κ2) is 21.3. The Morgan fingerprint density at radius 2 is 0.973 bits per heavy atom. The lowest BCUT2D eigenvalue weighted by Crippen LogP contribution is -2.49. The number of nitrogens with zero attached hydrogens (tertiary/aromatic N) is 4. The summed E-state index contributed by atoms with van der Waals surface area (Å²) in [6.07, 6.45) is 4.24. The number of carbonyl (C=O) groups is 5. The van der Waals surface area contributed by atoms with Crippen LogP contribution in [0.1, 0.15) is 32.6 Å². The van der Waals surface area contributed by atoms with Gasteiger partial charge in [0.05, 0.1) is 26.2 Å². The molecular formula is C23H43N5O9. The van der Waals surface area contributed by atoms with Gasteiger partial charge in [-0.05, 0) is 6.42 Å². The number of hydrogen-bond acceptors (Lipinski definition) is 9. The van der Waals surface area contributed by atoms with Crippen LogP contribution in [0.2, 0.25) is 0 Å². The molecule has 0 aromatic heterocycles. The molecule has 1 rings (SSSR count). The first kappa shape index (κ1) is 34.2. The highest BCUT2D eigenvalue weighted by Gasteiger charge is 2.21. The minimum Gasteiger partial charge on any atom is -0.483 e. The number of amides is 1. The van der Waals surface area contributed by atoms with E-state index >= 15 is 0 Å².